The Kier molecular flexibility index (Phi) is 4.62. The zero-order valence-corrected chi connectivity index (χ0v) is 15.8. The van der Waals surface area contributed by atoms with Gasteiger partial charge in [0.2, 0.25) is 0 Å². The monoisotopic (exact) mass is 384 g/mol. The molecule has 0 radical (unpaired) electrons. The number of carbonyl (C=O) groups excluding carboxylic acids is 1. The summed E-state index contributed by atoms with van der Waals surface area (Å²) in [5.74, 6) is 1.18. The predicted octanol–water partition coefficient (Wildman–Crippen LogP) is 4.37. The van der Waals surface area contributed by atoms with Gasteiger partial charge in [-0.15, -0.1) is 0 Å². The summed E-state index contributed by atoms with van der Waals surface area (Å²) >= 11 is 0. The molecule has 0 unspecified atom stereocenters. The summed E-state index contributed by atoms with van der Waals surface area (Å²) in [5, 5.41) is 2.23. The van der Waals surface area contributed by atoms with Crippen LogP contribution in [0.3, 0.4) is 0 Å². The summed E-state index contributed by atoms with van der Waals surface area (Å²) in [7, 11) is 0. The fraction of sp³-hybridized carbons (Fsp3) is 0.160. The van der Waals surface area contributed by atoms with Crippen molar-refractivity contribution in [3.05, 3.63) is 120 Å². The molecule has 2 aromatic heterocycles. The number of quaternary nitrogens is 1. The van der Waals surface area contributed by atoms with Gasteiger partial charge in [0.05, 0.1) is 12.5 Å². The Morgan fingerprint density at radius 1 is 0.586 bits per heavy atom. The standard InChI is InChI=1S/C25H21NO3/c27-25-21(17-9-3-1-4-10-17)23(19-13-7-15-28-19)26-24(20-14-8-16-29-20)22(25)18-11-5-2-6-12-18/h1-16,21-24,26H/p+1/t21-,22+,23-,24-/m1/s1. The van der Waals surface area contributed by atoms with Crippen LogP contribution in [0.4, 0.5) is 0 Å². The highest BCUT2D eigenvalue weighted by molar-refractivity contribution is 5.93. The predicted molar refractivity (Wildman–Crippen MR) is 108 cm³/mol. The first-order valence-corrected chi connectivity index (χ1v) is 9.88. The van der Waals surface area contributed by atoms with Crippen molar-refractivity contribution in [2.45, 2.75) is 23.9 Å². The third-order valence-electron chi connectivity index (χ3n) is 5.81. The van der Waals surface area contributed by atoms with Gasteiger partial charge >= 0.3 is 0 Å². The molecule has 0 amide bonds. The van der Waals surface area contributed by atoms with Crippen LogP contribution in [0.1, 0.15) is 46.6 Å². The number of furan rings is 2. The van der Waals surface area contributed by atoms with Gasteiger partial charge in [-0.2, -0.15) is 0 Å². The molecular formula is C25H22NO3+. The number of hydrogen-bond donors (Lipinski definition) is 1. The quantitative estimate of drug-likeness (QED) is 0.568. The Morgan fingerprint density at radius 3 is 1.41 bits per heavy atom. The highest BCUT2D eigenvalue weighted by atomic mass is 16.3. The first kappa shape index (κ1) is 17.7. The molecule has 1 saturated heterocycles. The van der Waals surface area contributed by atoms with Crippen LogP contribution in [0.2, 0.25) is 0 Å². The van der Waals surface area contributed by atoms with Crippen molar-refractivity contribution in [3.63, 3.8) is 0 Å². The Labute approximate surface area is 169 Å². The summed E-state index contributed by atoms with van der Waals surface area (Å²) in [6.07, 6.45) is 3.34. The van der Waals surface area contributed by atoms with E-state index in [9.17, 15) is 4.79 Å². The topological polar surface area (TPSA) is 60.0 Å². The lowest BCUT2D eigenvalue weighted by atomic mass is 9.71. The molecule has 29 heavy (non-hydrogen) atoms. The molecule has 0 spiro atoms. The van der Waals surface area contributed by atoms with E-state index in [2.05, 4.69) is 5.32 Å². The van der Waals surface area contributed by atoms with Crippen molar-refractivity contribution in [2.75, 3.05) is 0 Å². The van der Waals surface area contributed by atoms with Gasteiger partial charge in [-0.3, -0.25) is 4.79 Å². The van der Waals surface area contributed by atoms with E-state index in [0.29, 0.717) is 0 Å². The minimum Gasteiger partial charge on any atom is -0.463 e. The van der Waals surface area contributed by atoms with Crippen molar-refractivity contribution < 1.29 is 18.9 Å². The summed E-state index contributed by atoms with van der Waals surface area (Å²) in [6, 6.07) is 27.3. The van der Waals surface area contributed by atoms with Crippen molar-refractivity contribution in [1.82, 2.24) is 0 Å². The molecule has 3 heterocycles. The smallest absolute Gasteiger partial charge is 0.162 e. The third kappa shape index (κ3) is 3.22. The minimum atomic E-state index is -0.307. The number of rotatable bonds is 4. The van der Waals surface area contributed by atoms with Gasteiger partial charge in [-0.25, -0.2) is 0 Å². The summed E-state index contributed by atoms with van der Waals surface area (Å²) < 4.78 is 11.5. The van der Waals surface area contributed by atoms with E-state index < -0.39 is 0 Å². The van der Waals surface area contributed by atoms with Crippen LogP contribution in [0.25, 0.3) is 0 Å². The highest BCUT2D eigenvalue weighted by Crippen LogP contribution is 2.43. The van der Waals surface area contributed by atoms with E-state index in [4.69, 9.17) is 8.83 Å². The molecular weight excluding hydrogens is 362 g/mol. The molecule has 1 aliphatic heterocycles. The summed E-state index contributed by atoms with van der Waals surface area (Å²) in [6.45, 7) is 0. The largest absolute Gasteiger partial charge is 0.463 e. The molecule has 0 aliphatic carbocycles. The normalized spacial score (nSPS) is 24.5. The van der Waals surface area contributed by atoms with Gasteiger partial charge in [0.15, 0.2) is 29.4 Å². The number of piperidine rings is 1. The Hall–Kier alpha value is -3.37. The highest BCUT2D eigenvalue weighted by Gasteiger charge is 2.51. The fourth-order valence-electron chi connectivity index (χ4n) is 4.54. The van der Waals surface area contributed by atoms with Crippen LogP contribution < -0.4 is 5.32 Å². The van der Waals surface area contributed by atoms with Crippen LogP contribution >= 0.6 is 0 Å². The van der Waals surface area contributed by atoms with Crippen molar-refractivity contribution in [3.8, 4) is 0 Å². The van der Waals surface area contributed by atoms with Crippen LogP contribution in [-0.2, 0) is 4.79 Å². The van der Waals surface area contributed by atoms with Crippen LogP contribution in [0.5, 0.6) is 0 Å². The lowest BCUT2D eigenvalue weighted by Crippen LogP contribution is -2.91. The van der Waals surface area contributed by atoms with Gasteiger partial charge in [0, 0.05) is 0 Å². The van der Waals surface area contributed by atoms with Gasteiger partial charge in [-0.1, -0.05) is 60.7 Å². The second-order valence-electron chi connectivity index (χ2n) is 7.45. The molecule has 2 N–H and O–H groups in total. The molecule has 1 aliphatic rings. The second-order valence-corrected chi connectivity index (χ2v) is 7.45. The maximum Gasteiger partial charge on any atom is 0.162 e. The van der Waals surface area contributed by atoms with Crippen LogP contribution in [0, 0.1) is 0 Å². The van der Waals surface area contributed by atoms with E-state index in [1.165, 1.54) is 0 Å². The van der Waals surface area contributed by atoms with Crippen molar-refractivity contribution >= 4 is 5.78 Å². The lowest BCUT2D eigenvalue weighted by Gasteiger charge is -2.37. The van der Waals surface area contributed by atoms with E-state index in [0.717, 1.165) is 22.6 Å². The molecule has 2 aromatic carbocycles. The third-order valence-corrected chi connectivity index (χ3v) is 5.81. The van der Waals surface area contributed by atoms with Crippen LogP contribution in [0.15, 0.2) is 106 Å². The fourth-order valence-corrected chi connectivity index (χ4v) is 4.54. The average Bonchev–Trinajstić information content (AvgIpc) is 3.49. The second kappa shape index (κ2) is 7.57. The Balaban J connectivity index is 1.66. The van der Waals surface area contributed by atoms with E-state index in [1.807, 2.05) is 84.9 Å². The number of hydrogen-bond acceptors (Lipinski definition) is 3. The number of carbonyl (C=O) groups is 1. The maximum absolute atomic E-state index is 14.0. The van der Waals surface area contributed by atoms with Crippen molar-refractivity contribution in [2.24, 2.45) is 0 Å². The molecule has 4 heteroatoms. The Morgan fingerprint density at radius 2 is 1.03 bits per heavy atom. The van der Waals surface area contributed by atoms with Gasteiger partial charge in [0.1, 0.15) is 11.8 Å². The van der Waals surface area contributed by atoms with E-state index in [-0.39, 0.29) is 29.7 Å². The molecule has 0 saturated carbocycles. The summed E-state index contributed by atoms with van der Waals surface area (Å²) in [4.78, 5) is 14.0. The van der Waals surface area contributed by atoms with Crippen molar-refractivity contribution in [1.29, 1.82) is 0 Å². The number of benzene rings is 2. The van der Waals surface area contributed by atoms with Gasteiger partial charge in [0.25, 0.3) is 0 Å². The molecule has 4 aromatic rings. The molecule has 4 atom stereocenters. The van der Waals surface area contributed by atoms with E-state index in [1.54, 1.807) is 12.5 Å². The minimum absolute atomic E-state index is 0.157. The Bertz CT molecular complexity index is 970. The zero-order valence-electron chi connectivity index (χ0n) is 15.8. The van der Waals surface area contributed by atoms with Gasteiger partial charge in [-0.05, 0) is 35.4 Å². The summed E-state index contributed by atoms with van der Waals surface area (Å²) in [5.41, 5.74) is 2.02. The molecule has 144 valence electrons. The van der Waals surface area contributed by atoms with Gasteiger partial charge < -0.3 is 14.2 Å². The number of ketones is 1. The SMILES string of the molecule is O=C1[C@H](c2ccccc2)[C@@H](c2ccco2)[NH2+][C@H](c2ccco2)[C@@H]1c1ccccc1. The molecule has 4 nitrogen and oxygen atoms in total. The first-order chi connectivity index (χ1) is 14.3. The number of Topliss-reactive ketones (excluding diaryl/α,β-unsaturated/α-hetero) is 1. The molecule has 1 fully saturated rings. The van der Waals surface area contributed by atoms with Crippen LogP contribution in [-0.4, -0.2) is 5.78 Å². The number of nitrogens with two attached hydrogens (primary N) is 1. The first-order valence-electron chi connectivity index (χ1n) is 9.88. The average molecular weight is 384 g/mol. The maximum atomic E-state index is 14.0. The van der Waals surface area contributed by atoms with E-state index >= 15 is 0 Å². The zero-order chi connectivity index (χ0) is 19.6. The molecule has 5 rings (SSSR count). The molecule has 0 bridgehead atoms. The lowest BCUT2D eigenvalue weighted by molar-refractivity contribution is -0.745.